The van der Waals surface area contributed by atoms with E-state index in [4.69, 9.17) is 4.74 Å². The number of phenols is 1. The number of nitrogens with one attached hydrogen (secondary N) is 1. The second-order valence-electron chi connectivity index (χ2n) is 4.83. The molecule has 0 bridgehead atoms. The summed E-state index contributed by atoms with van der Waals surface area (Å²) in [5, 5.41) is 12.4. The molecule has 0 fully saturated rings. The number of aryl methyl sites for hydroxylation is 1. The molecule has 4 nitrogen and oxygen atoms in total. The predicted molar refractivity (Wildman–Crippen MR) is 93.4 cm³/mol. The van der Waals surface area contributed by atoms with Crippen molar-refractivity contribution < 1.29 is 14.6 Å². The molecule has 1 amide bonds. The molecule has 0 radical (unpaired) electrons. The van der Waals surface area contributed by atoms with Crippen LogP contribution in [0.15, 0.2) is 45.3 Å². The highest BCUT2D eigenvalue weighted by atomic mass is 79.9. The first-order chi connectivity index (χ1) is 10.4. The Balaban J connectivity index is 2.04. The van der Waals surface area contributed by atoms with E-state index in [1.54, 1.807) is 32.0 Å². The van der Waals surface area contributed by atoms with Crippen molar-refractivity contribution >= 4 is 43.5 Å². The number of carbonyl (C=O) groups is 1. The molecule has 6 heteroatoms. The number of amides is 1. The molecule has 2 rings (SSSR count). The van der Waals surface area contributed by atoms with Gasteiger partial charge in [0.25, 0.3) is 5.91 Å². The number of halogens is 2. The molecule has 0 aliphatic heterocycles. The van der Waals surface area contributed by atoms with Crippen molar-refractivity contribution in [1.82, 2.24) is 0 Å². The summed E-state index contributed by atoms with van der Waals surface area (Å²) in [6, 6.07) is 10.4. The lowest BCUT2D eigenvalue weighted by atomic mass is 10.2. The SMILES string of the molecule is Cc1ccc(NC(=O)[C@H](C)Oc2ccc(Br)cc2Br)cc1O. The lowest BCUT2D eigenvalue weighted by Crippen LogP contribution is -2.30. The summed E-state index contributed by atoms with van der Waals surface area (Å²) >= 11 is 6.75. The molecule has 0 unspecified atom stereocenters. The monoisotopic (exact) mass is 427 g/mol. The minimum absolute atomic E-state index is 0.141. The lowest BCUT2D eigenvalue weighted by Gasteiger charge is -2.16. The molecular formula is C16H15Br2NO3. The number of hydrogen-bond donors (Lipinski definition) is 2. The van der Waals surface area contributed by atoms with Crippen LogP contribution in [0.25, 0.3) is 0 Å². The number of carbonyl (C=O) groups excluding carboxylic acids is 1. The number of phenolic OH excluding ortho intramolecular Hbond substituents is 1. The van der Waals surface area contributed by atoms with Crippen LogP contribution in [0.1, 0.15) is 12.5 Å². The highest BCUT2D eigenvalue weighted by molar-refractivity contribution is 9.11. The first-order valence-corrected chi connectivity index (χ1v) is 8.17. The fraction of sp³-hybridized carbons (Fsp3) is 0.188. The number of ether oxygens (including phenoxy) is 1. The van der Waals surface area contributed by atoms with E-state index >= 15 is 0 Å². The second kappa shape index (κ2) is 7.15. The van der Waals surface area contributed by atoms with Crippen LogP contribution in [0.5, 0.6) is 11.5 Å². The van der Waals surface area contributed by atoms with Crippen LogP contribution in [-0.4, -0.2) is 17.1 Å². The van der Waals surface area contributed by atoms with Crippen LogP contribution < -0.4 is 10.1 Å². The van der Waals surface area contributed by atoms with Crippen molar-refractivity contribution in [3.05, 3.63) is 50.9 Å². The standard InChI is InChI=1S/C16H15Br2NO3/c1-9-3-5-12(8-14(9)20)19-16(21)10(2)22-15-6-4-11(17)7-13(15)18/h3-8,10,20H,1-2H3,(H,19,21)/t10-/m0/s1. The summed E-state index contributed by atoms with van der Waals surface area (Å²) in [5.74, 6) is 0.428. The Bertz CT molecular complexity index is 704. The third-order valence-electron chi connectivity index (χ3n) is 3.04. The normalized spacial score (nSPS) is 11.8. The van der Waals surface area contributed by atoms with E-state index in [1.807, 2.05) is 12.1 Å². The minimum atomic E-state index is -0.680. The van der Waals surface area contributed by atoms with Crippen LogP contribution in [0, 0.1) is 6.92 Å². The zero-order chi connectivity index (χ0) is 16.3. The van der Waals surface area contributed by atoms with Crippen LogP contribution in [0.2, 0.25) is 0 Å². The molecule has 0 aliphatic carbocycles. The Hall–Kier alpha value is -1.53. The van der Waals surface area contributed by atoms with Crippen molar-refractivity contribution in [2.45, 2.75) is 20.0 Å². The van der Waals surface area contributed by atoms with E-state index in [9.17, 15) is 9.90 Å². The quantitative estimate of drug-likeness (QED) is 0.746. The van der Waals surface area contributed by atoms with Crippen molar-refractivity contribution in [1.29, 1.82) is 0 Å². The molecule has 0 saturated carbocycles. The average Bonchev–Trinajstić information content (AvgIpc) is 2.45. The first-order valence-electron chi connectivity index (χ1n) is 6.59. The molecule has 0 spiro atoms. The topological polar surface area (TPSA) is 58.6 Å². The van der Waals surface area contributed by atoms with Gasteiger partial charge < -0.3 is 15.2 Å². The average molecular weight is 429 g/mol. The minimum Gasteiger partial charge on any atom is -0.508 e. The van der Waals surface area contributed by atoms with Crippen molar-refractivity contribution in [2.75, 3.05) is 5.32 Å². The van der Waals surface area contributed by atoms with Gasteiger partial charge in [0, 0.05) is 16.2 Å². The highest BCUT2D eigenvalue weighted by Gasteiger charge is 2.16. The zero-order valence-corrected chi connectivity index (χ0v) is 15.2. The number of aromatic hydroxyl groups is 1. The maximum atomic E-state index is 12.1. The van der Waals surface area contributed by atoms with Gasteiger partial charge in [0.1, 0.15) is 11.5 Å². The number of rotatable bonds is 4. The maximum absolute atomic E-state index is 12.1. The fourth-order valence-corrected chi connectivity index (χ4v) is 2.89. The van der Waals surface area contributed by atoms with Crippen molar-refractivity contribution in [3.63, 3.8) is 0 Å². The summed E-state index contributed by atoms with van der Waals surface area (Å²) in [6.07, 6.45) is -0.680. The first kappa shape index (κ1) is 16.8. The summed E-state index contributed by atoms with van der Waals surface area (Å²) in [7, 11) is 0. The van der Waals surface area contributed by atoms with Crippen LogP contribution in [-0.2, 0) is 4.79 Å². The molecular weight excluding hydrogens is 414 g/mol. The lowest BCUT2D eigenvalue weighted by molar-refractivity contribution is -0.122. The van der Waals surface area contributed by atoms with Gasteiger partial charge in [-0.15, -0.1) is 0 Å². The largest absolute Gasteiger partial charge is 0.508 e. The van der Waals surface area contributed by atoms with E-state index in [0.717, 1.165) is 14.5 Å². The van der Waals surface area contributed by atoms with Crippen molar-refractivity contribution in [2.24, 2.45) is 0 Å². The number of hydrogen-bond acceptors (Lipinski definition) is 3. The summed E-state index contributed by atoms with van der Waals surface area (Å²) in [6.45, 7) is 3.45. The van der Waals surface area contributed by atoms with E-state index in [2.05, 4.69) is 37.2 Å². The highest BCUT2D eigenvalue weighted by Crippen LogP contribution is 2.29. The molecule has 22 heavy (non-hydrogen) atoms. The second-order valence-corrected chi connectivity index (χ2v) is 6.60. The molecule has 0 saturated heterocycles. The van der Waals surface area contributed by atoms with Gasteiger partial charge in [-0.3, -0.25) is 4.79 Å². The fourth-order valence-electron chi connectivity index (χ4n) is 1.75. The Morgan fingerprint density at radius 1 is 1.23 bits per heavy atom. The van der Waals surface area contributed by atoms with Gasteiger partial charge in [-0.05, 0) is 59.6 Å². The summed E-state index contributed by atoms with van der Waals surface area (Å²) < 4.78 is 7.32. The molecule has 0 aromatic heterocycles. The van der Waals surface area contributed by atoms with Crippen LogP contribution >= 0.6 is 31.9 Å². The third kappa shape index (κ3) is 4.24. The Labute approximate surface area is 145 Å². The third-order valence-corrected chi connectivity index (χ3v) is 4.16. The molecule has 0 aliphatic rings. The van der Waals surface area contributed by atoms with Gasteiger partial charge in [-0.2, -0.15) is 0 Å². The summed E-state index contributed by atoms with van der Waals surface area (Å²) in [5.41, 5.74) is 1.28. The van der Waals surface area contributed by atoms with Crippen LogP contribution in [0.3, 0.4) is 0 Å². The Morgan fingerprint density at radius 2 is 1.95 bits per heavy atom. The Morgan fingerprint density at radius 3 is 2.59 bits per heavy atom. The van der Waals surface area contributed by atoms with E-state index in [0.29, 0.717) is 11.4 Å². The van der Waals surface area contributed by atoms with E-state index < -0.39 is 6.10 Å². The van der Waals surface area contributed by atoms with E-state index in [1.165, 1.54) is 6.07 Å². The van der Waals surface area contributed by atoms with Crippen LogP contribution in [0.4, 0.5) is 5.69 Å². The van der Waals surface area contributed by atoms with Gasteiger partial charge in [0.2, 0.25) is 0 Å². The smallest absolute Gasteiger partial charge is 0.265 e. The maximum Gasteiger partial charge on any atom is 0.265 e. The molecule has 2 N–H and O–H groups in total. The molecule has 116 valence electrons. The zero-order valence-electron chi connectivity index (χ0n) is 12.1. The molecule has 2 aromatic carbocycles. The van der Waals surface area contributed by atoms with Gasteiger partial charge >= 0.3 is 0 Å². The summed E-state index contributed by atoms with van der Waals surface area (Å²) in [4.78, 5) is 12.1. The number of anilines is 1. The molecule has 0 heterocycles. The Kier molecular flexibility index (Phi) is 5.47. The van der Waals surface area contributed by atoms with Gasteiger partial charge in [0.05, 0.1) is 4.47 Å². The molecule has 2 aromatic rings. The number of benzene rings is 2. The van der Waals surface area contributed by atoms with Crippen molar-refractivity contribution in [3.8, 4) is 11.5 Å². The van der Waals surface area contributed by atoms with Gasteiger partial charge in [-0.1, -0.05) is 22.0 Å². The molecule has 1 atom stereocenters. The predicted octanol–water partition coefficient (Wildman–Crippen LogP) is 4.63. The van der Waals surface area contributed by atoms with Gasteiger partial charge in [-0.25, -0.2) is 0 Å². The van der Waals surface area contributed by atoms with E-state index in [-0.39, 0.29) is 11.7 Å². The van der Waals surface area contributed by atoms with Gasteiger partial charge in [0.15, 0.2) is 6.10 Å².